The Morgan fingerprint density at radius 3 is 2.72 bits per heavy atom. The zero-order valence-corrected chi connectivity index (χ0v) is 9.89. The van der Waals surface area contributed by atoms with E-state index in [1.807, 2.05) is 42.5 Å². The smallest absolute Gasteiger partial charge is 0.242 e. The number of carbonyl (C=O) groups is 1. The summed E-state index contributed by atoms with van der Waals surface area (Å²) in [5.74, 6) is 2.12. The van der Waals surface area contributed by atoms with Crippen molar-refractivity contribution in [3.8, 4) is 12.3 Å². The summed E-state index contributed by atoms with van der Waals surface area (Å²) in [6.07, 6.45) is 5.36. The summed E-state index contributed by atoms with van der Waals surface area (Å²) in [5.41, 5.74) is 6.36. The molecule has 3 heteroatoms. The topological polar surface area (TPSA) is 55.1 Å². The Labute approximate surface area is 106 Å². The lowest BCUT2D eigenvalue weighted by Crippen LogP contribution is -2.35. The van der Waals surface area contributed by atoms with E-state index in [9.17, 15) is 4.79 Å². The number of nitrogens with two attached hydrogens (primary N) is 1. The first-order valence-corrected chi connectivity index (χ1v) is 5.69. The van der Waals surface area contributed by atoms with E-state index in [0.29, 0.717) is 0 Å². The van der Waals surface area contributed by atoms with Gasteiger partial charge in [-0.2, -0.15) is 0 Å². The summed E-state index contributed by atoms with van der Waals surface area (Å²) in [7, 11) is 0. The van der Waals surface area contributed by atoms with Crippen LogP contribution in [0.3, 0.4) is 0 Å². The standard InChI is InChI=1S/C15H14N2O/c1-2-5-14(16)15(18)17-13-9-8-11-6-3-4-7-12(11)10-13/h1,3-4,6-10,14H,5,16H2,(H,17,18). The first kappa shape index (κ1) is 12.2. The lowest BCUT2D eigenvalue weighted by atomic mass is 10.1. The SMILES string of the molecule is C#CCC(N)C(=O)Nc1ccc2ccccc2c1. The van der Waals surface area contributed by atoms with Gasteiger partial charge >= 0.3 is 0 Å². The summed E-state index contributed by atoms with van der Waals surface area (Å²) in [5, 5.41) is 4.96. The zero-order valence-electron chi connectivity index (χ0n) is 9.89. The Bertz CT molecular complexity index is 613. The molecule has 0 saturated heterocycles. The van der Waals surface area contributed by atoms with Crippen LogP contribution in [-0.2, 0) is 4.79 Å². The molecule has 2 rings (SSSR count). The van der Waals surface area contributed by atoms with E-state index in [1.54, 1.807) is 0 Å². The fourth-order valence-electron chi connectivity index (χ4n) is 1.72. The minimum Gasteiger partial charge on any atom is -0.325 e. The van der Waals surface area contributed by atoms with Gasteiger partial charge in [-0.15, -0.1) is 12.3 Å². The third-order valence-corrected chi connectivity index (χ3v) is 2.69. The first-order valence-electron chi connectivity index (χ1n) is 5.69. The van der Waals surface area contributed by atoms with Crippen molar-refractivity contribution in [3.63, 3.8) is 0 Å². The van der Waals surface area contributed by atoms with Crippen LogP contribution in [0.1, 0.15) is 6.42 Å². The van der Waals surface area contributed by atoms with Gasteiger partial charge in [0.2, 0.25) is 5.91 Å². The van der Waals surface area contributed by atoms with Crippen molar-refractivity contribution in [2.75, 3.05) is 5.32 Å². The van der Waals surface area contributed by atoms with Gasteiger partial charge in [-0.05, 0) is 22.9 Å². The molecule has 0 radical (unpaired) electrons. The van der Waals surface area contributed by atoms with Crippen LogP contribution < -0.4 is 11.1 Å². The predicted molar refractivity (Wildman–Crippen MR) is 74.0 cm³/mol. The Hall–Kier alpha value is -2.31. The molecule has 0 aromatic heterocycles. The van der Waals surface area contributed by atoms with Crippen LogP contribution >= 0.6 is 0 Å². The van der Waals surface area contributed by atoms with Crippen LogP contribution in [0.5, 0.6) is 0 Å². The van der Waals surface area contributed by atoms with Crippen LogP contribution in [0.25, 0.3) is 10.8 Å². The van der Waals surface area contributed by atoms with Crippen LogP contribution in [0.4, 0.5) is 5.69 Å². The molecule has 1 unspecified atom stereocenters. The van der Waals surface area contributed by atoms with Crippen LogP contribution in [-0.4, -0.2) is 11.9 Å². The largest absolute Gasteiger partial charge is 0.325 e. The van der Waals surface area contributed by atoms with E-state index in [2.05, 4.69) is 11.2 Å². The van der Waals surface area contributed by atoms with E-state index < -0.39 is 6.04 Å². The van der Waals surface area contributed by atoms with Gasteiger partial charge < -0.3 is 11.1 Å². The number of hydrogen-bond donors (Lipinski definition) is 2. The van der Waals surface area contributed by atoms with Gasteiger partial charge in [0.05, 0.1) is 6.04 Å². The number of carbonyl (C=O) groups excluding carboxylic acids is 1. The molecule has 3 nitrogen and oxygen atoms in total. The van der Waals surface area contributed by atoms with E-state index in [1.165, 1.54) is 0 Å². The third kappa shape index (κ3) is 2.68. The van der Waals surface area contributed by atoms with Crippen LogP contribution in [0.2, 0.25) is 0 Å². The molecule has 2 aromatic carbocycles. The summed E-state index contributed by atoms with van der Waals surface area (Å²) >= 11 is 0. The van der Waals surface area contributed by atoms with Crippen molar-refractivity contribution in [2.45, 2.75) is 12.5 Å². The highest BCUT2D eigenvalue weighted by Crippen LogP contribution is 2.18. The number of terminal acetylenes is 1. The second-order valence-electron chi connectivity index (χ2n) is 4.07. The molecule has 0 heterocycles. The number of benzene rings is 2. The zero-order chi connectivity index (χ0) is 13.0. The molecule has 0 spiro atoms. The first-order chi connectivity index (χ1) is 8.70. The second kappa shape index (κ2) is 5.35. The lowest BCUT2D eigenvalue weighted by molar-refractivity contribution is -0.117. The molecule has 0 aliphatic rings. The van der Waals surface area contributed by atoms with Crippen molar-refractivity contribution in [2.24, 2.45) is 5.73 Å². The Morgan fingerprint density at radius 1 is 1.28 bits per heavy atom. The van der Waals surface area contributed by atoms with Gasteiger partial charge in [-0.1, -0.05) is 30.3 Å². The molecule has 1 amide bonds. The molecule has 0 bridgehead atoms. The monoisotopic (exact) mass is 238 g/mol. The minimum atomic E-state index is -0.665. The molecule has 90 valence electrons. The molecule has 3 N–H and O–H groups in total. The Balaban J connectivity index is 2.17. The fraction of sp³-hybridized carbons (Fsp3) is 0.133. The maximum absolute atomic E-state index is 11.7. The lowest BCUT2D eigenvalue weighted by Gasteiger charge is -2.10. The summed E-state index contributed by atoms with van der Waals surface area (Å²) in [6.45, 7) is 0. The summed E-state index contributed by atoms with van der Waals surface area (Å²) in [6, 6.07) is 13.0. The molecule has 2 aromatic rings. The normalized spacial score (nSPS) is 11.8. The van der Waals surface area contributed by atoms with Gasteiger partial charge in [0.15, 0.2) is 0 Å². The molecule has 1 atom stereocenters. The molecule has 0 fully saturated rings. The molecule has 0 saturated carbocycles. The van der Waals surface area contributed by atoms with Gasteiger partial charge in [-0.3, -0.25) is 4.79 Å². The number of anilines is 1. The quantitative estimate of drug-likeness (QED) is 0.805. The molecule has 0 aliphatic carbocycles. The Morgan fingerprint density at radius 2 is 2.00 bits per heavy atom. The third-order valence-electron chi connectivity index (χ3n) is 2.69. The van der Waals surface area contributed by atoms with Gasteiger partial charge in [0, 0.05) is 12.1 Å². The predicted octanol–water partition coefficient (Wildman–Crippen LogP) is 2.13. The highest BCUT2D eigenvalue weighted by molar-refractivity contribution is 5.97. The van der Waals surface area contributed by atoms with Gasteiger partial charge in [0.25, 0.3) is 0 Å². The fourth-order valence-corrected chi connectivity index (χ4v) is 1.72. The molecular formula is C15H14N2O. The number of rotatable bonds is 3. The van der Waals surface area contributed by atoms with Crippen molar-refractivity contribution in [1.29, 1.82) is 0 Å². The van der Waals surface area contributed by atoms with Crippen molar-refractivity contribution in [1.82, 2.24) is 0 Å². The van der Waals surface area contributed by atoms with Gasteiger partial charge in [0.1, 0.15) is 0 Å². The highest BCUT2D eigenvalue weighted by Gasteiger charge is 2.11. The summed E-state index contributed by atoms with van der Waals surface area (Å²) < 4.78 is 0. The molecule has 0 aliphatic heterocycles. The number of hydrogen-bond acceptors (Lipinski definition) is 2. The molecule has 18 heavy (non-hydrogen) atoms. The maximum Gasteiger partial charge on any atom is 0.242 e. The highest BCUT2D eigenvalue weighted by atomic mass is 16.2. The average molecular weight is 238 g/mol. The number of fused-ring (bicyclic) bond motifs is 1. The van der Waals surface area contributed by atoms with Crippen molar-refractivity contribution in [3.05, 3.63) is 42.5 Å². The van der Waals surface area contributed by atoms with Crippen LogP contribution in [0.15, 0.2) is 42.5 Å². The Kier molecular flexibility index (Phi) is 3.61. The van der Waals surface area contributed by atoms with E-state index in [0.717, 1.165) is 16.5 Å². The average Bonchev–Trinajstić information content (AvgIpc) is 2.39. The van der Waals surface area contributed by atoms with E-state index in [-0.39, 0.29) is 12.3 Å². The molecular weight excluding hydrogens is 224 g/mol. The number of nitrogens with one attached hydrogen (secondary N) is 1. The van der Waals surface area contributed by atoms with Gasteiger partial charge in [-0.25, -0.2) is 0 Å². The van der Waals surface area contributed by atoms with Crippen LogP contribution in [0, 0.1) is 12.3 Å². The van der Waals surface area contributed by atoms with E-state index >= 15 is 0 Å². The number of amides is 1. The van der Waals surface area contributed by atoms with Crippen molar-refractivity contribution >= 4 is 22.4 Å². The second-order valence-corrected chi connectivity index (χ2v) is 4.07. The minimum absolute atomic E-state index is 0.236. The van der Waals surface area contributed by atoms with E-state index in [4.69, 9.17) is 12.2 Å². The van der Waals surface area contributed by atoms with Crippen molar-refractivity contribution < 1.29 is 4.79 Å². The summed E-state index contributed by atoms with van der Waals surface area (Å²) in [4.78, 5) is 11.7. The maximum atomic E-state index is 11.7.